The maximum absolute atomic E-state index is 14.0. The number of oxazole rings is 1. The van der Waals surface area contributed by atoms with Gasteiger partial charge in [-0.25, -0.2) is 9.37 Å². The molecular weight excluding hydrogens is 417 g/mol. The molecule has 1 aromatic heterocycles. The second-order valence-electron chi connectivity index (χ2n) is 8.02. The molecule has 1 N–H and O–H groups in total. The monoisotopic (exact) mass is 441 g/mol. The lowest BCUT2D eigenvalue weighted by atomic mass is 9.93. The van der Waals surface area contributed by atoms with Crippen LogP contribution in [0, 0.1) is 18.7 Å². The van der Waals surface area contributed by atoms with Crippen LogP contribution in [-0.2, 0) is 11.2 Å². The molecule has 2 atom stereocenters. The summed E-state index contributed by atoms with van der Waals surface area (Å²) in [7, 11) is 2.02. The second kappa shape index (κ2) is 9.20. The van der Waals surface area contributed by atoms with Gasteiger partial charge in [0.2, 0.25) is 11.8 Å². The standard InChI is InChI=1S/C24H25ClFN3O2/c1-15-21(28-24(31-15)16-6-4-3-5-7-16)13-22(30)27-14-18-10-11-29(2)23(18)17-8-9-19(25)20(26)12-17/h3-9,12,18,23H,10-11,13-14H2,1-2H3,(H,27,30). The molecule has 162 valence electrons. The molecule has 3 aromatic rings. The summed E-state index contributed by atoms with van der Waals surface area (Å²) < 4.78 is 19.7. The molecular formula is C24H25ClFN3O2. The van der Waals surface area contributed by atoms with Crippen LogP contribution in [0.4, 0.5) is 4.39 Å². The van der Waals surface area contributed by atoms with Gasteiger partial charge in [0.1, 0.15) is 11.6 Å². The maximum Gasteiger partial charge on any atom is 0.226 e. The summed E-state index contributed by atoms with van der Waals surface area (Å²) in [5.41, 5.74) is 2.39. The number of amides is 1. The van der Waals surface area contributed by atoms with E-state index in [-0.39, 0.29) is 29.3 Å². The zero-order valence-corrected chi connectivity index (χ0v) is 18.3. The van der Waals surface area contributed by atoms with Crippen LogP contribution in [0.5, 0.6) is 0 Å². The quantitative estimate of drug-likeness (QED) is 0.597. The zero-order valence-electron chi connectivity index (χ0n) is 17.6. The van der Waals surface area contributed by atoms with Crippen molar-refractivity contribution in [1.29, 1.82) is 0 Å². The average molecular weight is 442 g/mol. The summed E-state index contributed by atoms with van der Waals surface area (Å²) in [5.74, 6) is 0.824. The van der Waals surface area contributed by atoms with Crippen LogP contribution >= 0.6 is 11.6 Å². The molecule has 0 spiro atoms. The number of likely N-dealkylation sites (tertiary alicyclic amines) is 1. The molecule has 5 nitrogen and oxygen atoms in total. The second-order valence-corrected chi connectivity index (χ2v) is 8.42. The van der Waals surface area contributed by atoms with Crippen LogP contribution < -0.4 is 5.32 Å². The summed E-state index contributed by atoms with van der Waals surface area (Å²) in [6, 6.07) is 14.6. The van der Waals surface area contributed by atoms with Crippen molar-refractivity contribution in [3.63, 3.8) is 0 Å². The van der Waals surface area contributed by atoms with E-state index < -0.39 is 5.82 Å². The van der Waals surface area contributed by atoms with Gasteiger partial charge >= 0.3 is 0 Å². The predicted octanol–water partition coefficient (Wildman–Crippen LogP) is 4.79. The van der Waals surface area contributed by atoms with Gasteiger partial charge < -0.3 is 9.73 Å². The molecule has 0 aliphatic carbocycles. The van der Waals surface area contributed by atoms with Crippen molar-refractivity contribution in [2.45, 2.75) is 25.8 Å². The summed E-state index contributed by atoms with van der Waals surface area (Å²) in [5, 5.41) is 3.15. The minimum absolute atomic E-state index is 0.0329. The Morgan fingerprint density at radius 3 is 2.81 bits per heavy atom. The van der Waals surface area contributed by atoms with Gasteiger partial charge in [-0.15, -0.1) is 0 Å². The molecule has 31 heavy (non-hydrogen) atoms. The fourth-order valence-electron chi connectivity index (χ4n) is 4.22. The highest BCUT2D eigenvalue weighted by Crippen LogP contribution is 2.36. The Labute approximate surface area is 186 Å². The number of carbonyl (C=O) groups excluding carboxylic acids is 1. The van der Waals surface area contributed by atoms with E-state index in [4.69, 9.17) is 16.0 Å². The van der Waals surface area contributed by atoms with Gasteiger partial charge in [-0.05, 0) is 62.7 Å². The number of hydrogen-bond donors (Lipinski definition) is 1. The molecule has 2 aromatic carbocycles. The number of benzene rings is 2. The van der Waals surface area contributed by atoms with Crippen LogP contribution in [0.25, 0.3) is 11.5 Å². The van der Waals surface area contributed by atoms with E-state index in [0.717, 1.165) is 24.1 Å². The van der Waals surface area contributed by atoms with Crippen molar-refractivity contribution in [3.05, 3.63) is 76.4 Å². The van der Waals surface area contributed by atoms with E-state index in [1.54, 1.807) is 6.07 Å². The summed E-state index contributed by atoms with van der Waals surface area (Å²) in [4.78, 5) is 19.3. The Bertz CT molecular complexity index is 1070. The van der Waals surface area contributed by atoms with Crippen LogP contribution in [0.2, 0.25) is 5.02 Å². The third kappa shape index (κ3) is 4.81. The van der Waals surface area contributed by atoms with Crippen molar-refractivity contribution < 1.29 is 13.6 Å². The van der Waals surface area contributed by atoms with Crippen LogP contribution in [-0.4, -0.2) is 35.9 Å². The number of aromatic nitrogens is 1. The first kappa shape index (κ1) is 21.5. The third-order valence-electron chi connectivity index (χ3n) is 5.86. The van der Waals surface area contributed by atoms with Crippen LogP contribution in [0.1, 0.15) is 29.5 Å². The topological polar surface area (TPSA) is 58.4 Å². The van der Waals surface area contributed by atoms with E-state index in [2.05, 4.69) is 15.2 Å². The first-order chi connectivity index (χ1) is 14.9. The van der Waals surface area contributed by atoms with Gasteiger partial charge in [-0.1, -0.05) is 35.9 Å². The number of aryl methyl sites for hydroxylation is 1. The van der Waals surface area contributed by atoms with Gasteiger partial charge in [-0.3, -0.25) is 9.69 Å². The number of halogens is 2. The molecule has 2 unspecified atom stereocenters. The molecule has 1 amide bonds. The molecule has 0 radical (unpaired) electrons. The summed E-state index contributed by atoms with van der Waals surface area (Å²) in [6.07, 6.45) is 1.08. The Hall–Kier alpha value is -2.70. The zero-order chi connectivity index (χ0) is 22.0. The lowest BCUT2D eigenvalue weighted by Gasteiger charge is -2.26. The Morgan fingerprint density at radius 1 is 1.29 bits per heavy atom. The maximum atomic E-state index is 14.0. The van der Waals surface area contributed by atoms with Crippen LogP contribution in [0.15, 0.2) is 52.9 Å². The molecule has 4 rings (SSSR count). The normalized spacial score (nSPS) is 19.0. The average Bonchev–Trinajstić information content (AvgIpc) is 3.31. The van der Waals surface area contributed by atoms with Gasteiger partial charge in [0.25, 0.3) is 0 Å². The molecule has 1 aliphatic heterocycles. The molecule has 0 saturated carbocycles. The van der Waals surface area contributed by atoms with E-state index in [1.807, 2.05) is 50.4 Å². The lowest BCUT2D eigenvalue weighted by Crippen LogP contribution is -2.33. The van der Waals surface area contributed by atoms with Gasteiger partial charge in [0.05, 0.1) is 17.1 Å². The van der Waals surface area contributed by atoms with Crippen molar-refractivity contribution in [2.24, 2.45) is 5.92 Å². The summed E-state index contributed by atoms with van der Waals surface area (Å²) in [6.45, 7) is 3.22. The number of carbonyl (C=O) groups is 1. The number of nitrogens with zero attached hydrogens (tertiary/aromatic N) is 2. The van der Waals surface area contributed by atoms with E-state index in [1.165, 1.54) is 6.07 Å². The molecule has 1 saturated heterocycles. The predicted molar refractivity (Wildman–Crippen MR) is 118 cm³/mol. The molecule has 0 bridgehead atoms. The number of hydrogen-bond acceptors (Lipinski definition) is 4. The highest BCUT2D eigenvalue weighted by Gasteiger charge is 2.33. The smallest absolute Gasteiger partial charge is 0.226 e. The van der Waals surface area contributed by atoms with Crippen molar-refractivity contribution >= 4 is 17.5 Å². The fraction of sp³-hybridized carbons (Fsp3) is 0.333. The fourth-order valence-corrected chi connectivity index (χ4v) is 4.34. The van der Waals surface area contributed by atoms with Crippen molar-refractivity contribution in [2.75, 3.05) is 20.1 Å². The van der Waals surface area contributed by atoms with E-state index in [9.17, 15) is 9.18 Å². The Balaban J connectivity index is 1.39. The largest absolute Gasteiger partial charge is 0.441 e. The van der Waals surface area contributed by atoms with Crippen molar-refractivity contribution in [3.8, 4) is 11.5 Å². The van der Waals surface area contributed by atoms with Crippen LogP contribution in [0.3, 0.4) is 0 Å². The van der Waals surface area contributed by atoms with Gasteiger partial charge in [0.15, 0.2) is 0 Å². The Morgan fingerprint density at radius 2 is 2.06 bits per heavy atom. The summed E-state index contributed by atoms with van der Waals surface area (Å²) >= 11 is 5.83. The molecule has 1 aliphatic rings. The van der Waals surface area contributed by atoms with E-state index >= 15 is 0 Å². The highest BCUT2D eigenvalue weighted by atomic mass is 35.5. The highest BCUT2D eigenvalue weighted by molar-refractivity contribution is 6.30. The van der Waals surface area contributed by atoms with Crippen molar-refractivity contribution in [1.82, 2.24) is 15.2 Å². The van der Waals surface area contributed by atoms with E-state index in [0.29, 0.717) is 23.9 Å². The van der Waals surface area contributed by atoms with Gasteiger partial charge in [0, 0.05) is 18.2 Å². The third-order valence-corrected chi connectivity index (χ3v) is 6.17. The first-order valence-corrected chi connectivity index (χ1v) is 10.7. The SMILES string of the molecule is Cc1oc(-c2ccccc2)nc1CC(=O)NCC1CCN(C)C1c1ccc(Cl)c(F)c1. The first-order valence-electron chi connectivity index (χ1n) is 10.4. The molecule has 1 fully saturated rings. The van der Waals surface area contributed by atoms with Gasteiger partial charge in [-0.2, -0.15) is 0 Å². The molecule has 2 heterocycles. The molecule has 7 heteroatoms. The minimum Gasteiger partial charge on any atom is -0.441 e. The minimum atomic E-state index is -0.419. The Kier molecular flexibility index (Phi) is 6.39. The lowest BCUT2D eigenvalue weighted by molar-refractivity contribution is -0.120. The number of nitrogens with one attached hydrogen (secondary N) is 1. The number of rotatable bonds is 6.